The van der Waals surface area contributed by atoms with Crippen molar-refractivity contribution >= 4 is 11.8 Å². The van der Waals surface area contributed by atoms with Gasteiger partial charge in [0.1, 0.15) is 0 Å². The Morgan fingerprint density at radius 2 is 1.90 bits per heavy atom. The molecule has 1 aromatic heterocycles. The lowest BCUT2D eigenvalue weighted by Crippen LogP contribution is -2.08. The summed E-state index contributed by atoms with van der Waals surface area (Å²) < 4.78 is 5.29. The second-order valence-corrected chi connectivity index (χ2v) is 6.63. The van der Waals surface area contributed by atoms with E-state index in [-0.39, 0.29) is 5.92 Å². The zero-order valence-corrected chi connectivity index (χ0v) is 13.5. The van der Waals surface area contributed by atoms with Crippen molar-refractivity contribution in [3.8, 4) is 0 Å². The Hall–Kier alpha value is -1.33. The van der Waals surface area contributed by atoms with E-state index in [1.807, 2.05) is 37.3 Å². The lowest BCUT2D eigenvalue weighted by atomic mass is 9.97. The lowest BCUT2D eigenvalue weighted by Gasteiger charge is -2.15. The molecule has 0 bridgehead atoms. The molecule has 0 aliphatic rings. The number of aliphatic hydroxyl groups is 1. The van der Waals surface area contributed by atoms with Crippen molar-refractivity contribution in [2.75, 3.05) is 5.75 Å². The topological polar surface area (TPSA) is 59.2 Å². The molecule has 0 fully saturated rings. The first-order chi connectivity index (χ1) is 10.1. The lowest BCUT2D eigenvalue weighted by molar-refractivity contribution is 0.135. The molecule has 0 aliphatic carbocycles. The number of benzene rings is 1. The van der Waals surface area contributed by atoms with E-state index >= 15 is 0 Å². The second kappa shape index (κ2) is 7.61. The summed E-state index contributed by atoms with van der Waals surface area (Å²) in [5.74, 6) is 3.44. The van der Waals surface area contributed by atoms with Crippen molar-refractivity contribution < 1.29 is 9.63 Å². The SMILES string of the molecule is CC(C)CSCc1noc(C(C)C(O)c2ccccc2)n1. The number of aliphatic hydroxyl groups excluding tert-OH is 1. The van der Waals surface area contributed by atoms with Crippen LogP contribution in [0.3, 0.4) is 0 Å². The number of thioether (sulfide) groups is 1. The molecule has 0 saturated heterocycles. The van der Waals surface area contributed by atoms with Gasteiger partial charge >= 0.3 is 0 Å². The van der Waals surface area contributed by atoms with Crippen LogP contribution in [0.5, 0.6) is 0 Å². The van der Waals surface area contributed by atoms with Crippen LogP contribution < -0.4 is 0 Å². The molecule has 0 radical (unpaired) electrons. The Morgan fingerprint density at radius 3 is 2.57 bits per heavy atom. The van der Waals surface area contributed by atoms with Crippen molar-refractivity contribution in [2.24, 2.45) is 5.92 Å². The number of hydrogen-bond donors (Lipinski definition) is 1. The summed E-state index contributed by atoms with van der Waals surface area (Å²) in [6.45, 7) is 6.27. The molecule has 2 aromatic rings. The van der Waals surface area contributed by atoms with Gasteiger partial charge in [-0.15, -0.1) is 0 Å². The average molecular weight is 306 g/mol. The van der Waals surface area contributed by atoms with Gasteiger partial charge in [-0.1, -0.05) is 56.3 Å². The molecule has 2 atom stereocenters. The Morgan fingerprint density at radius 1 is 1.19 bits per heavy atom. The highest BCUT2D eigenvalue weighted by Gasteiger charge is 2.23. The summed E-state index contributed by atoms with van der Waals surface area (Å²) in [6.07, 6.45) is -0.636. The van der Waals surface area contributed by atoms with E-state index in [1.165, 1.54) is 0 Å². The van der Waals surface area contributed by atoms with Crippen LogP contribution in [0.15, 0.2) is 34.9 Å². The van der Waals surface area contributed by atoms with Crippen molar-refractivity contribution in [1.82, 2.24) is 10.1 Å². The van der Waals surface area contributed by atoms with Crippen LogP contribution in [0.1, 0.15) is 50.1 Å². The molecule has 0 amide bonds. The van der Waals surface area contributed by atoms with Crippen molar-refractivity contribution in [3.63, 3.8) is 0 Å². The maximum absolute atomic E-state index is 10.4. The number of rotatable bonds is 7. The Labute approximate surface area is 130 Å². The summed E-state index contributed by atoms with van der Waals surface area (Å²) in [5, 5.41) is 14.4. The third kappa shape index (κ3) is 4.58. The first-order valence-electron chi connectivity index (χ1n) is 7.21. The van der Waals surface area contributed by atoms with Gasteiger partial charge in [-0.3, -0.25) is 0 Å². The van der Waals surface area contributed by atoms with E-state index in [2.05, 4.69) is 24.0 Å². The quantitative estimate of drug-likeness (QED) is 0.843. The van der Waals surface area contributed by atoms with E-state index < -0.39 is 6.10 Å². The van der Waals surface area contributed by atoms with Gasteiger partial charge in [-0.25, -0.2) is 0 Å². The van der Waals surface area contributed by atoms with Gasteiger partial charge < -0.3 is 9.63 Å². The zero-order chi connectivity index (χ0) is 15.2. The highest BCUT2D eigenvalue weighted by Crippen LogP contribution is 2.29. The smallest absolute Gasteiger partial charge is 0.232 e. The van der Waals surface area contributed by atoms with Gasteiger partial charge in [0, 0.05) is 0 Å². The van der Waals surface area contributed by atoms with E-state index in [1.54, 1.807) is 11.8 Å². The number of aromatic nitrogens is 2. The normalized spacial score (nSPS) is 14.3. The Kier molecular flexibility index (Phi) is 5.82. The maximum Gasteiger partial charge on any atom is 0.232 e. The monoisotopic (exact) mass is 306 g/mol. The first-order valence-corrected chi connectivity index (χ1v) is 8.36. The van der Waals surface area contributed by atoms with E-state index in [4.69, 9.17) is 4.52 Å². The summed E-state index contributed by atoms with van der Waals surface area (Å²) >= 11 is 1.80. The van der Waals surface area contributed by atoms with Crippen LogP contribution in [0.25, 0.3) is 0 Å². The summed E-state index contributed by atoms with van der Waals surface area (Å²) in [5.41, 5.74) is 0.860. The van der Waals surface area contributed by atoms with Crippen molar-refractivity contribution in [2.45, 2.75) is 38.5 Å². The molecule has 1 heterocycles. The summed E-state index contributed by atoms with van der Waals surface area (Å²) in [6, 6.07) is 9.55. The molecule has 0 saturated carbocycles. The number of nitrogens with zero attached hydrogens (tertiary/aromatic N) is 2. The fourth-order valence-electron chi connectivity index (χ4n) is 1.97. The van der Waals surface area contributed by atoms with E-state index in [0.29, 0.717) is 17.6 Å². The standard InChI is InChI=1S/C16H22N2O2S/c1-11(2)9-21-10-14-17-16(20-18-14)12(3)15(19)13-7-5-4-6-8-13/h4-8,11-12,15,19H,9-10H2,1-3H3. The molecule has 0 aliphatic heterocycles. The minimum atomic E-state index is -0.636. The molecule has 0 spiro atoms. The van der Waals surface area contributed by atoms with Crippen molar-refractivity contribution in [1.29, 1.82) is 0 Å². The minimum Gasteiger partial charge on any atom is -0.388 e. The maximum atomic E-state index is 10.4. The summed E-state index contributed by atoms with van der Waals surface area (Å²) in [4.78, 5) is 4.39. The summed E-state index contributed by atoms with van der Waals surface area (Å²) in [7, 11) is 0. The Balaban J connectivity index is 1.97. The molecule has 4 nitrogen and oxygen atoms in total. The van der Waals surface area contributed by atoms with Crippen LogP contribution in [-0.4, -0.2) is 21.0 Å². The van der Waals surface area contributed by atoms with Crippen LogP contribution in [0, 0.1) is 5.92 Å². The fourth-order valence-corrected chi connectivity index (χ4v) is 2.86. The fraction of sp³-hybridized carbons (Fsp3) is 0.500. The highest BCUT2D eigenvalue weighted by molar-refractivity contribution is 7.98. The molecular formula is C16H22N2O2S. The first kappa shape index (κ1) is 16.0. The van der Waals surface area contributed by atoms with E-state index in [9.17, 15) is 5.11 Å². The molecule has 5 heteroatoms. The van der Waals surface area contributed by atoms with Gasteiger partial charge in [0.25, 0.3) is 0 Å². The molecular weight excluding hydrogens is 284 g/mol. The molecule has 2 unspecified atom stereocenters. The van der Waals surface area contributed by atoms with Crippen LogP contribution in [-0.2, 0) is 5.75 Å². The molecule has 21 heavy (non-hydrogen) atoms. The van der Waals surface area contributed by atoms with Gasteiger partial charge in [-0.05, 0) is 17.2 Å². The third-order valence-corrected chi connectivity index (χ3v) is 4.54. The highest BCUT2D eigenvalue weighted by atomic mass is 32.2. The van der Waals surface area contributed by atoms with Crippen LogP contribution in [0.4, 0.5) is 0 Å². The van der Waals surface area contributed by atoms with E-state index in [0.717, 1.165) is 17.1 Å². The minimum absolute atomic E-state index is 0.219. The molecule has 1 N–H and O–H groups in total. The van der Waals surface area contributed by atoms with Crippen LogP contribution >= 0.6 is 11.8 Å². The van der Waals surface area contributed by atoms with Gasteiger partial charge in [0.2, 0.25) is 5.89 Å². The van der Waals surface area contributed by atoms with Gasteiger partial charge in [-0.2, -0.15) is 16.7 Å². The molecule has 2 rings (SSSR count). The third-order valence-electron chi connectivity index (χ3n) is 3.17. The largest absolute Gasteiger partial charge is 0.388 e. The molecule has 114 valence electrons. The predicted molar refractivity (Wildman–Crippen MR) is 85.1 cm³/mol. The number of hydrogen-bond acceptors (Lipinski definition) is 5. The zero-order valence-electron chi connectivity index (χ0n) is 12.7. The van der Waals surface area contributed by atoms with Gasteiger partial charge in [0.15, 0.2) is 5.82 Å². The average Bonchev–Trinajstić information content (AvgIpc) is 2.95. The van der Waals surface area contributed by atoms with Gasteiger partial charge in [0.05, 0.1) is 17.8 Å². The van der Waals surface area contributed by atoms with Crippen LogP contribution in [0.2, 0.25) is 0 Å². The second-order valence-electron chi connectivity index (χ2n) is 5.60. The Bertz CT molecular complexity index is 542. The molecule has 1 aromatic carbocycles. The predicted octanol–water partition coefficient (Wildman–Crippen LogP) is 3.80. The van der Waals surface area contributed by atoms with Crippen molar-refractivity contribution in [3.05, 3.63) is 47.6 Å².